The molecular formula is C12H8F2N. The Balaban J connectivity index is 2.15. The summed E-state index contributed by atoms with van der Waals surface area (Å²) in [6, 6.07) is 11.6. The maximum absolute atomic E-state index is 12.6. The summed E-state index contributed by atoms with van der Waals surface area (Å²) >= 11 is 0. The van der Waals surface area contributed by atoms with Crippen molar-refractivity contribution in [1.29, 1.82) is 0 Å². The van der Waals surface area contributed by atoms with E-state index in [0.29, 0.717) is 11.4 Å². The van der Waals surface area contributed by atoms with Crippen LogP contribution >= 0.6 is 0 Å². The van der Waals surface area contributed by atoms with Crippen LogP contribution in [0.1, 0.15) is 0 Å². The van der Waals surface area contributed by atoms with Crippen LogP contribution in [0.5, 0.6) is 0 Å². The summed E-state index contributed by atoms with van der Waals surface area (Å²) in [6.45, 7) is 0. The van der Waals surface area contributed by atoms with Gasteiger partial charge in [0.2, 0.25) is 0 Å². The monoisotopic (exact) mass is 204 g/mol. The molecule has 3 heteroatoms. The summed E-state index contributed by atoms with van der Waals surface area (Å²) in [5, 5.41) is 4.19. The Morgan fingerprint density at radius 2 is 0.933 bits per heavy atom. The second-order valence-corrected chi connectivity index (χ2v) is 3.06. The first-order chi connectivity index (χ1) is 7.24. The normalized spacial score (nSPS) is 10.0. The molecule has 0 heterocycles. The fourth-order valence-corrected chi connectivity index (χ4v) is 1.18. The number of nitrogens with zero attached hydrogens (tertiary/aromatic N) is 1. The average Bonchev–Trinajstić information content (AvgIpc) is 2.25. The standard InChI is InChI=1S/C12H8F2N/c13-9-1-5-11(6-2-9)15-12-7-3-10(14)4-8-12/h1-8H. The lowest BCUT2D eigenvalue weighted by Crippen LogP contribution is -1.88. The van der Waals surface area contributed by atoms with E-state index in [1.165, 1.54) is 24.3 Å². The SMILES string of the molecule is Fc1ccc([N]c2ccc(F)cc2)cc1. The van der Waals surface area contributed by atoms with Crippen LogP contribution in [0.25, 0.3) is 0 Å². The van der Waals surface area contributed by atoms with Crippen molar-refractivity contribution in [2.45, 2.75) is 0 Å². The first-order valence-electron chi connectivity index (χ1n) is 4.47. The zero-order chi connectivity index (χ0) is 10.7. The number of hydrogen-bond acceptors (Lipinski definition) is 0. The third-order valence-electron chi connectivity index (χ3n) is 1.91. The average molecular weight is 204 g/mol. The van der Waals surface area contributed by atoms with Crippen molar-refractivity contribution in [3.63, 3.8) is 0 Å². The minimum absolute atomic E-state index is 0.298. The van der Waals surface area contributed by atoms with Gasteiger partial charge in [-0.05, 0) is 48.5 Å². The van der Waals surface area contributed by atoms with Crippen LogP contribution in [-0.2, 0) is 0 Å². The van der Waals surface area contributed by atoms with Crippen molar-refractivity contribution in [3.8, 4) is 0 Å². The first kappa shape index (κ1) is 9.65. The zero-order valence-electron chi connectivity index (χ0n) is 7.82. The van der Waals surface area contributed by atoms with E-state index in [-0.39, 0.29) is 11.6 Å². The lowest BCUT2D eigenvalue weighted by molar-refractivity contribution is 0.627. The third-order valence-corrected chi connectivity index (χ3v) is 1.91. The molecule has 0 spiro atoms. The van der Waals surface area contributed by atoms with Gasteiger partial charge in [0.15, 0.2) is 0 Å². The predicted molar refractivity (Wildman–Crippen MR) is 54.3 cm³/mol. The summed E-state index contributed by atoms with van der Waals surface area (Å²) in [7, 11) is 0. The molecule has 0 aliphatic carbocycles. The third kappa shape index (κ3) is 2.53. The van der Waals surface area contributed by atoms with Gasteiger partial charge in [-0.1, -0.05) is 0 Å². The van der Waals surface area contributed by atoms with E-state index < -0.39 is 0 Å². The molecule has 2 aromatic carbocycles. The van der Waals surface area contributed by atoms with Crippen molar-refractivity contribution in [2.75, 3.05) is 0 Å². The minimum atomic E-state index is -0.298. The molecule has 2 aromatic rings. The summed E-state index contributed by atoms with van der Waals surface area (Å²) in [5.41, 5.74) is 1.28. The molecule has 0 aliphatic rings. The van der Waals surface area contributed by atoms with Gasteiger partial charge in [0.25, 0.3) is 0 Å². The molecule has 0 fully saturated rings. The van der Waals surface area contributed by atoms with Crippen LogP contribution in [0, 0.1) is 11.6 Å². The van der Waals surface area contributed by atoms with E-state index in [1.54, 1.807) is 24.3 Å². The Labute approximate surface area is 86.4 Å². The van der Waals surface area contributed by atoms with Crippen LogP contribution in [0.15, 0.2) is 48.5 Å². The molecule has 0 saturated carbocycles. The molecule has 0 unspecified atom stereocenters. The highest BCUT2D eigenvalue weighted by atomic mass is 19.1. The second-order valence-electron chi connectivity index (χ2n) is 3.06. The maximum Gasteiger partial charge on any atom is 0.123 e. The van der Waals surface area contributed by atoms with Crippen LogP contribution in [0.3, 0.4) is 0 Å². The van der Waals surface area contributed by atoms with Crippen LogP contribution in [0.2, 0.25) is 0 Å². The van der Waals surface area contributed by atoms with Gasteiger partial charge in [-0.25, -0.2) is 14.1 Å². The van der Waals surface area contributed by atoms with Gasteiger partial charge in [-0.2, -0.15) is 0 Å². The van der Waals surface area contributed by atoms with Crippen LogP contribution < -0.4 is 5.32 Å². The van der Waals surface area contributed by atoms with E-state index in [0.717, 1.165) is 0 Å². The minimum Gasteiger partial charge on any atom is -0.249 e. The Kier molecular flexibility index (Phi) is 2.63. The summed E-state index contributed by atoms with van der Waals surface area (Å²) in [4.78, 5) is 0. The Bertz CT molecular complexity index is 391. The number of hydrogen-bond donors (Lipinski definition) is 0. The number of benzene rings is 2. The van der Waals surface area contributed by atoms with Gasteiger partial charge in [0.1, 0.15) is 11.6 Å². The van der Waals surface area contributed by atoms with E-state index >= 15 is 0 Å². The Morgan fingerprint density at radius 1 is 0.600 bits per heavy atom. The highest BCUT2D eigenvalue weighted by Crippen LogP contribution is 2.17. The zero-order valence-corrected chi connectivity index (χ0v) is 7.82. The van der Waals surface area contributed by atoms with Crippen molar-refractivity contribution in [2.24, 2.45) is 0 Å². The van der Waals surface area contributed by atoms with Gasteiger partial charge in [0, 0.05) is 0 Å². The van der Waals surface area contributed by atoms with Crippen molar-refractivity contribution in [1.82, 2.24) is 5.32 Å². The molecule has 0 bridgehead atoms. The molecule has 0 aromatic heterocycles. The second kappa shape index (κ2) is 4.09. The smallest absolute Gasteiger partial charge is 0.123 e. The van der Waals surface area contributed by atoms with Gasteiger partial charge < -0.3 is 0 Å². The van der Waals surface area contributed by atoms with Crippen molar-refractivity contribution >= 4 is 11.4 Å². The van der Waals surface area contributed by atoms with E-state index in [9.17, 15) is 8.78 Å². The molecule has 1 nitrogen and oxygen atoms in total. The Hall–Kier alpha value is -1.90. The van der Waals surface area contributed by atoms with Crippen molar-refractivity contribution in [3.05, 3.63) is 60.2 Å². The summed E-state index contributed by atoms with van der Waals surface area (Å²) < 4.78 is 25.2. The molecule has 0 aliphatic heterocycles. The maximum atomic E-state index is 12.6. The predicted octanol–water partition coefficient (Wildman–Crippen LogP) is 3.53. The highest BCUT2D eigenvalue weighted by molar-refractivity contribution is 5.48. The topological polar surface area (TPSA) is 14.1 Å². The molecule has 0 N–H and O–H groups in total. The molecule has 0 amide bonds. The van der Waals surface area contributed by atoms with Gasteiger partial charge in [-0.15, -0.1) is 0 Å². The largest absolute Gasteiger partial charge is 0.249 e. The first-order valence-corrected chi connectivity index (χ1v) is 4.47. The molecule has 2 rings (SSSR count). The molecular weight excluding hydrogens is 196 g/mol. The lowest BCUT2D eigenvalue weighted by Gasteiger charge is -2.02. The molecule has 0 atom stereocenters. The van der Waals surface area contributed by atoms with Gasteiger partial charge in [0.05, 0.1) is 11.4 Å². The highest BCUT2D eigenvalue weighted by Gasteiger charge is 1.97. The molecule has 1 radical (unpaired) electrons. The summed E-state index contributed by atoms with van der Waals surface area (Å²) in [6.07, 6.45) is 0. The van der Waals surface area contributed by atoms with E-state index in [1.807, 2.05) is 0 Å². The lowest BCUT2D eigenvalue weighted by atomic mass is 10.2. The number of halogens is 2. The van der Waals surface area contributed by atoms with Gasteiger partial charge in [-0.3, -0.25) is 0 Å². The fourth-order valence-electron chi connectivity index (χ4n) is 1.18. The molecule has 15 heavy (non-hydrogen) atoms. The molecule has 75 valence electrons. The van der Waals surface area contributed by atoms with Gasteiger partial charge >= 0.3 is 0 Å². The Morgan fingerprint density at radius 3 is 1.27 bits per heavy atom. The van der Waals surface area contributed by atoms with E-state index in [4.69, 9.17) is 0 Å². The van der Waals surface area contributed by atoms with Crippen molar-refractivity contribution < 1.29 is 8.78 Å². The van der Waals surface area contributed by atoms with Crippen LogP contribution in [0.4, 0.5) is 20.2 Å². The number of rotatable bonds is 2. The fraction of sp³-hybridized carbons (Fsp3) is 0. The molecule has 0 saturated heterocycles. The van der Waals surface area contributed by atoms with E-state index in [2.05, 4.69) is 5.32 Å². The summed E-state index contributed by atoms with van der Waals surface area (Å²) in [5.74, 6) is -0.596. The van der Waals surface area contributed by atoms with Crippen LogP contribution in [-0.4, -0.2) is 0 Å². The quantitative estimate of drug-likeness (QED) is 0.710.